The molecule has 1 saturated carbocycles. The molecule has 4 heteroatoms. The summed E-state index contributed by atoms with van der Waals surface area (Å²) in [4.78, 5) is 12.8. The van der Waals surface area contributed by atoms with Gasteiger partial charge in [0.2, 0.25) is 0 Å². The van der Waals surface area contributed by atoms with Gasteiger partial charge in [0.25, 0.3) is 0 Å². The van der Waals surface area contributed by atoms with E-state index in [2.05, 4.69) is 19.1 Å². The van der Waals surface area contributed by atoms with Crippen molar-refractivity contribution >= 4 is 11.4 Å². The van der Waals surface area contributed by atoms with E-state index in [0.717, 1.165) is 29.5 Å². The van der Waals surface area contributed by atoms with Crippen LogP contribution in [-0.4, -0.2) is 37.3 Å². The van der Waals surface area contributed by atoms with Gasteiger partial charge in [-0.05, 0) is 56.7 Å². The second-order valence-corrected chi connectivity index (χ2v) is 7.61. The zero-order valence-electron chi connectivity index (χ0n) is 15.6. The molecule has 0 heterocycles. The summed E-state index contributed by atoms with van der Waals surface area (Å²) in [6.45, 7) is 7.20. The van der Waals surface area contributed by atoms with E-state index in [-0.39, 0.29) is 17.6 Å². The van der Waals surface area contributed by atoms with Crippen LogP contribution in [0.25, 0.3) is 5.57 Å². The molecular weight excluding hydrogens is 316 g/mol. The van der Waals surface area contributed by atoms with Crippen molar-refractivity contribution in [2.45, 2.75) is 52.6 Å². The third kappa shape index (κ3) is 3.25. The molecule has 1 N–H and O–H groups in total. The van der Waals surface area contributed by atoms with E-state index in [1.165, 1.54) is 5.56 Å². The highest BCUT2D eigenvalue weighted by Crippen LogP contribution is 2.54. The molecule has 1 aromatic rings. The molecule has 136 valence electrons. The SMILES string of the molecule is COCCO[C@@H]1CC[C@]2(CC(=O)C(c3c(C)cc(C)cc3C)=C2O)C1. The van der Waals surface area contributed by atoms with Crippen LogP contribution in [0.1, 0.15) is 47.9 Å². The molecule has 25 heavy (non-hydrogen) atoms. The van der Waals surface area contributed by atoms with Crippen LogP contribution in [0.5, 0.6) is 0 Å². The lowest BCUT2D eigenvalue weighted by molar-refractivity contribution is -0.114. The number of Topliss-reactive ketones (excluding diaryl/α,β-unsaturated/α-hetero) is 1. The van der Waals surface area contributed by atoms with Gasteiger partial charge in [0, 0.05) is 18.9 Å². The maximum absolute atomic E-state index is 12.8. The lowest BCUT2D eigenvalue weighted by Gasteiger charge is -2.23. The minimum Gasteiger partial charge on any atom is -0.511 e. The first-order valence-electron chi connectivity index (χ1n) is 9.03. The van der Waals surface area contributed by atoms with Crippen molar-refractivity contribution in [3.05, 3.63) is 40.1 Å². The van der Waals surface area contributed by atoms with Crippen LogP contribution in [0, 0.1) is 26.2 Å². The van der Waals surface area contributed by atoms with E-state index in [9.17, 15) is 9.90 Å². The third-order valence-electron chi connectivity index (χ3n) is 5.65. The molecule has 0 bridgehead atoms. The number of carbonyl (C=O) groups is 1. The molecule has 2 aliphatic carbocycles. The van der Waals surface area contributed by atoms with Crippen LogP contribution in [0.15, 0.2) is 17.9 Å². The van der Waals surface area contributed by atoms with Crippen LogP contribution in [0.4, 0.5) is 0 Å². The van der Waals surface area contributed by atoms with Gasteiger partial charge >= 0.3 is 0 Å². The molecule has 0 amide bonds. The Morgan fingerprint density at radius 3 is 2.52 bits per heavy atom. The monoisotopic (exact) mass is 344 g/mol. The molecule has 1 spiro atoms. The number of aliphatic hydroxyl groups is 1. The fourth-order valence-corrected chi connectivity index (χ4v) is 4.60. The Kier molecular flexibility index (Phi) is 5.03. The molecule has 0 aromatic heterocycles. The van der Waals surface area contributed by atoms with Crippen LogP contribution in [0.3, 0.4) is 0 Å². The number of ketones is 1. The van der Waals surface area contributed by atoms with Crippen molar-refractivity contribution in [1.82, 2.24) is 0 Å². The summed E-state index contributed by atoms with van der Waals surface area (Å²) >= 11 is 0. The third-order valence-corrected chi connectivity index (χ3v) is 5.65. The van der Waals surface area contributed by atoms with E-state index in [1.54, 1.807) is 7.11 Å². The number of aryl methyl sites for hydroxylation is 3. The molecule has 0 aliphatic heterocycles. The maximum atomic E-state index is 12.8. The Bertz CT molecular complexity index is 696. The number of allylic oxidation sites excluding steroid dienone is 2. The van der Waals surface area contributed by atoms with E-state index >= 15 is 0 Å². The van der Waals surface area contributed by atoms with E-state index in [0.29, 0.717) is 31.6 Å². The van der Waals surface area contributed by atoms with Crippen molar-refractivity contribution < 1.29 is 19.4 Å². The predicted molar refractivity (Wildman–Crippen MR) is 97.7 cm³/mol. The second kappa shape index (κ2) is 6.93. The molecule has 3 rings (SSSR count). The fraction of sp³-hybridized carbons (Fsp3) is 0.571. The average Bonchev–Trinajstić information content (AvgIpc) is 3.03. The summed E-state index contributed by atoms with van der Waals surface area (Å²) in [5.41, 5.74) is 4.28. The number of hydrogen-bond donors (Lipinski definition) is 1. The van der Waals surface area contributed by atoms with Gasteiger partial charge in [-0.15, -0.1) is 0 Å². The van der Waals surface area contributed by atoms with Crippen LogP contribution >= 0.6 is 0 Å². The number of carbonyl (C=O) groups excluding carboxylic acids is 1. The Morgan fingerprint density at radius 1 is 1.20 bits per heavy atom. The highest BCUT2D eigenvalue weighted by Gasteiger charge is 2.51. The molecule has 2 atom stereocenters. The topological polar surface area (TPSA) is 55.8 Å². The second-order valence-electron chi connectivity index (χ2n) is 7.61. The van der Waals surface area contributed by atoms with Crippen molar-refractivity contribution in [2.24, 2.45) is 5.41 Å². The van der Waals surface area contributed by atoms with E-state index in [1.807, 2.05) is 13.8 Å². The van der Waals surface area contributed by atoms with Gasteiger partial charge in [0.1, 0.15) is 5.76 Å². The van der Waals surface area contributed by atoms with Gasteiger partial charge in [-0.2, -0.15) is 0 Å². The fourth-order valence-electron chi connectivity index (χ4n) is 4.60. The molecule has 0 unspecified atom stereocenters. The van der Waals surface area contributed by atoms with Crippen molar-refractivity contribution in [3.63, 3.8) is 0 Å². The quantitative estimate of drug-likeness (QED) is 0.819. The molecule has 4 nitrogen and oxygen atoms in total. The summed E-state index contributed by atoms with van der Waals surface area (Å²) in [6.07, 6.45) is 2.87. The zero-order valence-corrected chi connectivity index (χ0v) is 15.6. The first-order valence-corrected chi connectivity index (χ1v) is 9.03. The number of benzene rings is 1. The van der Waals surface area contributed by atoms with Gasteiger partial charge in [-0.1, -0.05) is 17.7 Å². The van der Waals surface area contributed by atoms with Crippen LogP contribution < -0.4 is 0 Å². The van der Waals surface area contributed by atoms with E-state index in [4.69, 9.17) is 9.47 Å². The van der Waals surface area contributed by atoms with Crippen molar-refractivity contribution in [3.8, 4) is 0 Å². The Morgan fingerprint density at radius 2 is 1.88 bits per heavy atom. The first kappa shape index (κ1) is 18.2. The lowest BCUT2D eigenvalue weighted by Crippen LogP contribution is -2.20. The van der Waals surface area contributed by atoms with Gasteiger partial charge in [0.15, 0.2) is 5.78 Å². The van der Waals surface area contributed by atoms with Crippen molar-refractivity contribution in [1.29, 1.82) is 0 Å². The van der Waals surface area contributed by atoms with Crippen LogP contribution in [-0.2, 0) is 14.3 Å². The molecule has 1 fully saturated rings. The number of hydrogen-bond acceptors (Lipinski definition) is 4. The highest BCUT2D eigenvalue weighted by molar-refractivity contribution is 6.24. The number of methoxy groups -OCH3 is 1. The van der Waals surface area contributed by atoms with Gasteiger partial charge in [-0.25, -0.2) is 0 Å². The Hall–Kier alpha value is -1.65. The van der Waals surface area contributed by atoms with Gasteiger partial charge in [0.05, 0.1) is 24.9 Å². The number of aliphatic hydroxyl groups excluding tert-OH is 1. The van der Waals surface area contributed by atoms with Gasteiger partial charge in [-0.3, -0.25) is 4.79 Å². The molecular formula is C21H28O4. The molecule has 2 aliphatic rings. The summed E-state index contributed by atoms with van der Waals surface area (Å²) in [6, 6.07) is 4.15. The van der Waals surface area contributed by atoms with Crippen molar-refractivity contribution in [2.75, 3.05) is 20.3 Å². The lowest BCUT2D eigenvalue weighted by atomic mass is 9.84. The molecule has 0 radical (unpaired) electrons. The maximum Gasteiger partial charge on any atom is 0.167 e. The summed E-state index contributed by atoms with van der Waals surface area (Å²) in [5, 5.41) is 11.0. The molecule has 0 saturated heterocycles. The minimum absolute atomic E-state index is 0.0603. The molecule has 1 aromatic carbocycles. The van der Waals surface area contributed by atoms with E-state index < -0.39 is 5.41 Å². The summed E-state index contributed by atoms with van der Waals surface area (Å²) in [7, 11) is 1.65. The standard InChI is InChI=1S/C21H28O4/c1-13-9-14(2)18(15(3)10-13)19-17(22)12-21(20(19)23)6-5-16(11-21)25-8-7-24-4/h9-10,16,23H,5-8,11-12H2,1-4H3/t16-,21-/m1/s1. The summed E-state index contributed by atoms with van der Waals surface area (Å²) in [5.74, 6) is 0.343. The number of ether oxygens (including phenoxy) is 2. The predicted octanol–water partition coefficient (Wildman–Crippen LogP) is 4.06. The average molecular weight is 344 g/mol. The summed E-state index contributed by atoms with van der Waals surface area (Å²) < 4.78 is 10.9. The largest absolute Gasteiger partial charge is 0.511 e. The van der Waals surface area contributed by atoms with Gasteiger partial charge < -0.3 is 14.6 Å². The number of rotatable bonds is 5. The normalized spacial score (nSPS) is 26.2. The highest BCUT2D eigenvalue weighted by atomic mass is 16.5. The minimum atomic E-state index is -0.437. The first-order chi connectivity index (χ1) is 11.9. The Balaban J connectivity index is 1.90. The Labute approximate surface area is 149 Å². The zero-order chi connectivity index (χ0) is 18.2. The van der Waals surface area contributed by atoms with Crippen LogP contribution in [0.2, 0.25) is 0 Å². The smallest absolute Gasteiger partial charge is 0.167 e.